The minimum absolute atomic E-state index is 0.0168. The first-order chi connectivity index (χ1) is 25.5. The molecule has 1 aromatic carbocycles. The lowest BCUT2D eigenvalue weighted by atomic mass is 9.33. The summed E-state index contributed by atoms with van der Waals surface area (Å²) >= 11 is 6.14. The zero-order valence-corrected chi connectivity index (χ0v) is 35.8. The summed E-state index contributed by atoms with van der Waals surface area (Å²) in [7, 11) is 0. The number of ketones is 1. The summed E-state index contributed by atoms with van der Waals surface area (Å²) in [5.41, 5.74) is 1.37. The summed E-state index contributed by atoms with van der Waals surface area (Å²) in [6.07, 6.45) is 7.14. The number of esters is 2. The van der Waals surface area contributed by atoms with E-state index in [1.54, 1.807) is 13.8 Å². The van der Waals surface area contributed by atoms with Gasteiger partial charge < -0.3 is 19.9 Å². The van der Waals surface area contributed by atoms with Crippen LogP contribution in [0.3, 0.4) is 0 Å². The Bertz CT molecular complexity index is 1730. The number of aliphatic carboxylic acids is 1. The van der Waals surface area contributed by atoms with Crippen LogP contribution in [0.2, 0.25) is 5.02 Å². The number of nitrogens with one attached hydrogen (secondary N) is 1. The molecule has 6 rings (SSSR count). The third-order valence-corrected chi connectivity index (χ3v) is 16.6. The van der Waals surface area contributed by atoms with Gasteiger partial charge in [0, 0.05) is 42.3 Å². The standard InChI is InChI=1S/C46H66ClNO7/c1-27(2)38-32(50)23-46(36(54-28(3)49)26-48-25-29-11-13-30(47)14-12-29)22-21-44(9)31(39(38)46)15-16-34-43(8)19-18-35(55-37(51)24-41(4,5)40(52)53)42(6,7)33(43)17-20-45(34,44)10/h11-14,27,31,33-36,48H,15-26H2,1-10H3,(H,52,53)/t31-,33+,34-,35+,36-,43+,44-,45-,46+/m1/s1. The highest BCUT2D eigenvalue weighted by Crippen LogP contribution is 2.77. The Morgan fingerprint density at radius 2 is 1.60 bits per heavy atom. The molecule has 5 aliphatic carbocycles. The lowest BCUT2D eigenvalue weighted by Gasteiger charge is -2.72. The number of carbonyl (C=O) groups is 4. The fourth-order valence-corrected chi connectivity index (χ4v) is 13.5. The number of Topliss-reactive ketones (excluding diaryl/α,β-unsaturated/α-hetero) is 1. The highest BCUT2D eigenvalue weighted by atomic mass is 35.5. The summed E-state index contributed by atoms with van der Waals surface area (Å²) in [6.45, 7) is 22.1. The van der Waals surface area contributed by atoms with Crippen molar-refractivity contribution in [3.05, 3.63) is 46.0 Å². The van der Waals surface area contributed by atoms with Crippen molar-refractivity contribution in [2.45, 2.75) is 152 Å². The van der Waals surface area contributed by atoms with E-state index in [9.17, 15) is 24.3 Å². The van der Waals surface area contributed by atoms with Gasteiger partial charge in [0.25, 0.3) is 0 Å². The average Bonchev–Trinajstić information content (AvgIpc) is 3.39. The molecule has 0 aromatic heterocycles. The maximum absolute atomic E-state index is 14.3. The van der Waals surface area contributed by atoms with Crippen LogP contribution < -0.4 is 5.32 Å². The van der Waals surface area contributed by atoms with Crippen LogP contribution in [0.25, 0.3) is 0 Å². The molecule has 304 valence electrons. The molecule has 0 bridgehead atoms. The third-order valence-electron chi connectivity index (χ3n) is 16.4. The first-order valence-corrected chi connectivity index (χ1v) is 21.2. The first-order valence-electron chi connectivity index (χ1n) is 20.9. The minimum atomic E-state index is -1.18. The molecule has 5 aliphatic rings. The predicted octanol–water partition coefficient (Wildman–Crippen LogP) is 9.75. The highest BCUT2D eigenvalue weighted by molar-refractivity contribution is 6.30. The van der Waals surface area contributed by atoms with Gasteiger partial charge in [0.05, 0.1) is 11.8 Å². The van der Waals surface area contributed by atoms with E-state index in [1.165, 1.54) is 12.5 Å². The number of hydrogen-bond donors (Lipinski definition) is 2. The minimum Gasteiger partial charge on any atom is -0.481 e. The normalized spacial score (nSPS) is 36.0. The molecule has 55 heavy (non-hydrogen) atoms. The Hall–Kier alpha value is -2.71. The molecule has 4 saturated carbocycles. The number of carboxylic acids is 1. The van der Waals surface area contributed by atoms with Gasteiger partial charge >= 0.3 is 17.9 Å². The zero-order valence-electron chi connectivity index (χ0n) is 35.0. The fourth-order valence-electron chi connectivity index (χ4n) is 13.4. The van der Waals surface area contributed by atoms with Crippen LogP contribution in [-0.4, -0.2) is 47.6 Å². The average molecular weight is 780 g/mol. The van der Waals surface area contributed by atoms with Gasteiger partial charge in [-0.1, -0.05) is 72.2 Å². The van der Waals surface area contributed by atoms with Crippen molar-refractivity contribution in [2.24, 2.45) is 56.2 Å². The molecule has 0 heterocycles. The number of carboxylic acid groups (broad SMARTS) is 1. The SMILES string of the molecule is CC(=O)O[C@H](CNCc1ccc(Cl)cc1)[C@@]12CC[C@]3(C)[C@H](CC[C@@H]4[C@@]5(C)CC[C@H](OC(=O)CC(C)(C)C(=O)O)C(C)(C)[C@@H]5CC[C@]43C)C1=C(C(C)C)C(=O)C2. The maximum atomic E-state index is 14.3. The Labute approximate surface area is 334 Å². The number of rotatable bonds is 11. The van der Waals surface area contributed by atoms with E-state index in [1.807, 2.05) is 24.3 Å². The number of ether oxygens (including phenoxy) is 2. The lowest BCUT2D eigenvalue weighted by Crippen LogP contribution is -2.66. The van der Waals surface area contributed by atoms with Crippen LogP contribution in [0, 0.1) is 56.2 Å². The first kappa shape index (κ1) is 41.9. The lowest BCUT2D eigenvalue weighted by molar-refractivity contribution is -0.235. The quantitative estimate of drug-likeness (QED) is 0.213. The highest BCUT2D eigenvalue weighted by Gasteiger charge is 2.71. The topological polar surface area (TPSA) is 119 Å². The smallest absolute Gasteiger partial charge is 0.309 e. The Balaban J connectivity index is 1.30. The Morgan fingerprint density at radius 1 is 0.927 bits per heavy atom. The molecular weight excluding hydrogens is 714 g/mol. The monoisotopic (exact) mass is 779 g/mol. The molecule has 0 unspecified atom stereocenters. The third kappa shape index (κ3) is 6.91. The maximum Gasteiger partial charge on any atom is 0.309 e. The second-order valence-corrected chi connectivity index (χ2v) is 20.8. The Kier molecular flexibility index (Phi) is 11.1. The predicted molar refractivity (Wildman–Crippen MR) is 214 cm³/mol. The second-order valence-electron chi connectivity index (χ2n) is 20.4. The van der Waals surface area contributed by atoms with Crippen molar-refractivity contribution in [2.75, 3.05) is 6.54 Å². The van der Waals surface area contributed by atoms with Crippen LogP contribution in [0.1, 0.15) is 139 Å². The van der Waals surface area contributed by atoms with Crippen LogP contribution in [-0.2, 0) is 35.2 Å². The van der Waals surface area contributed by atoms with Crippen LogP contribution in [0.15, 0.2) is 35.4 Å². The molecule has 9 heteroatoms. The van der Waals surface area contributed by atoms with Crippen molar-refractivity contribution in [1.29, 1.82) is 0 Å². The van der Waals surface area contributed by atoms with E-state index in [4.69, 9.17) is 21.1 Å². The van der Waals surface area contributed by atoms with Gasteiger partial charge in [-0.3, -0.25) is 19.2 Å². The van der Waals surface area contributed by atoms with E-state index in [0.29, 0.717) is 36.4 Å². The van der Waals surface area contributed by atoms with Crippen molar-refractivity contribution in [1.82, 2.24) is 5.32 Å². The van der Waals surface area contributed by atoms with Crippen molar-refractivity contribution >= 4 is 35.3 Å². The molecule has 8 nitrogen and oxygen atoms in total. The zero-order chi connectivity index (χ0) is 40.5. The van der Waals surface area contributed by atoms with E-state index < -0.39 is 28.9 Å². The molecular formula is C46H66ClNO7. The van der Waals surface area contributed by atoms with Gasteiger partial charge in [0.15, 0.2) is 5.78 Å². The summed E-state index contributed by atoms with van der Waals surface area (Å²) < 4.78 is 12.5. The number of halogens is 1. The van der Waals surface area contributed by atoms with E-state index in [0.717, 1.165) is 62.5 Å². The van der Waals surface area contributed by atoms with Gasteiger partial charge in [-0.05, 0) is 134 Å². The number of fused-ring (bicyclic) bond motifs is 7. The molecule has 9 atom stereocenters. The molecule has 4 fully saturated rings. The number of carbonyl (C=O) groups excluding carboxylic acids is 3. The largest absolute Gasteiger partial charge is 0.481 e. The summed E-state index contributed by atoms with van der Waals surface area (Å²) in [4.78, 5) is 52.0. The molecule has 0 aliphatic heterocycles. The van der Waals surface area contributed by atoms with E-state index in [-0.39, 0.29) is 57.8 Å². The molecule has 2 N–H and O–H groups in total. The van der Waals surface area contributed by atoms with Gasteiger partial charge in [-0.25, -0.2) is 0 Å². The molecule has 0 spiro atoms. The van der Waals surface area contributed by atoms with Crippen molar-refractivity contribution < 1.29 is 33.8 Å². The number of hydrogen-bond acceptors (Lipinski definition) is 7. The van der Waals surface area contributed by atoms with Crippen LogP contribution in [0.5, 0.6) is 0 Å². The van der Waals surface area contributed by atoms with E-state index in [2.05, 4.69) is 53.8 Å². The summed E-state index contributed by atoms with van der Waals surface area (Å²) in [5.74, 6) is -0.439. The van der Waals surface area contributed by atoms with Crippen LogP contribution >= 0.6 is 11.6 Å². The van der Waals surface area contributed by atoms with Gasteiger partial charge in [-0.2, -0.15) is 0 Å². The molecule has 0 saturated heterocycles. The Morgan fingerprint density at radius 3 is 2.22 bits per heavy atom. The second kappa shape index (κ2) is 14.6. The van der Waals surface area contributed by atoms with Gasteiger partial charge in [0.2, 0.25) is 0 Å². The van der Waals surface area contributed by atoms with Crippen molar-refractivity contribution in [3.8, 4) is 0 Å². The fraction of sp³-hybridized carbons (Fsp3) is 0.739. The molecule has 1 aromatic rings. The molecule has 0 radical (unpaired) electrons. The van der Waals surface area contributed by atoms with Crippen LogP contribution in [0.4, 0.5) is 0 Å². The summed E-state index contributed by atoms with van der Waals surface area (Å²) in [6, 6.07) is 7.76. The molecule has 0 amide bonds. The number of allylic oxidation sites excluding steroid dienone is 1. The van der Waals surface area contributed by atoms with Gasteiger partial charge in [0.1, 0.15) is 12.2 Å². The van der Waals surface area contributed by atoms with Crippen molar-refractivity contribution in [3.63, 3.8) is 0 Å². The summed E-state index contributed by atoms with van der Waals surface area (Å²) in [5, 5.41) is 13.9. The van der Waals surface area contributed by atoms with E-state index >= 15 is 0 Å². The number of benzene rings is 1. The van der Waals surface area contributed by atoms with Gasteiger partial charge in [-0.15, -0.1) is 0 Å².